The summed E-state index contributed by atoms with van der Waals surface area (Å²) in [4.78, 5) is 19.5. The zero-order valence-corrected chi connectivity index (χ0v) is 16.7. The molecular weight excluding hydrogens is 354 g/mol. The molecule has 8 nitrogen and oxygen atoms in total. The molecule has 4 rings (SSSR count). The average molecular weight is 379 g/mol. The third-order valence-electron chi connectivity index (χ3n) is 5.20. The Morgan fingerprint density at radius 2 is 2.07 bits per heavy atom. The van der Waals surface area contributed by atoms with Crippen molar-refractivity contribution in [2.45, 2.75) is 46.7 Å². The number of nitrogens with zero attached hydrogens (tertiary/aromatic N) is 7. The molecule has 8 heteroatoms. The number of hydrogen-bond acceptors (Lipinski definition) is 5. The van der Waals surface area contributed by atoms with Crippen LogP contribution in [0, 0.1) is 19.8 Å². The first-order chi connectivity index (χ1) is 13.5. The average Bonchev–Trinajstić information content (AvgIpc) is 3.24. The molecule has 4 heterocycles. The Morgan fingerprint density at radius 3 is 2.79 bits per heavy atom. The van der Waals surface area contributed by atoms with Gasteiger partial charge in [-0.05, 0) is 38.3 Å². The molecule has 1 aliphatic rings. The number of fused-ring (bicyclic) bond motifs is 1. The maximum Gasteiger partial charge on any atom is 0.257 e. The molecule has 0 saturated carbocycles. The molecule has 3 aromatic rings. The zero-order chi connectivity index (χ0) is 19.8. The van der Waals surface area contributed by atoms with Crippen LogP contribution in [0.3, 0.4) is 0 Å². The summed E-state index contributed by atoms with van der Waals surface area (Å²) in [7, 11) is 0. The Bertz CT molecular complexity index is 989. The first kappa shape index (κ1) is 18.3. The van der Waals surface area contributed by atoms with E-state index < -0.39 is 0 Å². The number of amides is 1. The van der Waals surface area contributed by atoms with Crippen LogP contribution in [0.2, 0.25) is 0 Å². The second kappa shape index (κ2) is 7.18. The van der Waals surface area contributed by atoms with Crippen molar-refractivity contribution < 1.29 is 4.79 Å². The minimum atomic E-state index is -0.0275. The molecule has 0 spiro atoms. The number of aryl methyl sites for hydroxylation is 1. The summed E-state index contributed by atoms with van der Waals surface area (Å²) in [5.41, 5.74) is 1.38. The van der Waals surface area contributed by atoms with E-state index in [4.69, 9.17) is 0 Å². The van der Waals surface area contributed by atoms with Crippen molar-refractivity contribution in [3.8, 4) is 5.82 Å². The van der Waals surface area contributed by atoms with Crippen LogP contribution in [-0.4, -0.2) is 46.9 Å². The van der Waals surface area contributed by atoms with Crippen LogP contribution in [0.5, 0.6) is 0 Å². The number of rotatable bonds is 4. The van der Waals surface area contributed by atoms with Gasteiger partial charge < -0.3 is 9.47 Å². The van der Waals surface area contributed by atoms with Gasteiger partial charge in [0, 0.05) is 12.7 Å². The van der Waals surface area contributed by atoms with Gasteiger partial charge in [-0.15, -0.1) is 10.2 Å². The Hall–Kier alpha value is -3.03. The Kier molecular flexibility index (Phi) is 4.70. The fourth-order valence-electron chi connectivity index (χ4n) is 3.95. The van der Waals surface area contributed by atoms with Crippen LogP contribution >= 0.6 is 0 Å². The number of carbonyl (C=O) groups excluding carboxylic acids is 1. The Morgan fingerprint density at radius 1 is 1.25 bits per heavy atom. The second-order valence-corrected chi connectivity index (χ2v) is 7.75. The predicted molar refractivity (Wildman–Crippen MR) is 104 cm³/mol. The molecule has 3 aromatic heterocycles. The molecule has 0 unspecified atom stereocenters. The molecule has 0 radical (unpaired) electrons. The van der Waals surface area contributed by atoms with Gasteiger partial charge in [0.2, 0.25) is 0 Å². The molecule has 0 fully saturated rings. The summed E-state index contributed by atoms with van der Waals surface area (Å²) in [6.07, 6.45) is 4.32. The van der Waals surface area contributed by atoms with Gasteiger partial charge in [-0.2, -0.15) is 5.10 Å². The van der Waals surface area contributed by atoms with E-state index in [1.165, 1.54) is 0 Å². The van der Waals surface area contributed by atoms with Crippen LogP contribution in [0.4, 0.5) is 0 Å². The lowest BCUT2D eigenvalue weighted by Crippen LogP contribution is -2.42. The largest absolute Gasteiger partial charge is 0.329 e. The minimum absolute atomic E-state index is 0.0275. The molecular formula is C20H25N7O. The third kappa shape index (κ3) is 3.19. The van der Waals surface area contributed by atoms with Gasteiger partial charge in [-0.3, -0.25) is 4.79 Å². The number of carbonyl (C=O) groups is 1. The van der Waals surface area contributed by atoms with Crippen molar-refractivity contribution in [1.29, 1.82) is 0 Å². The highest BCUT2D eigenvalue weighted by atomic mass is 16.2. The van der Waals surface area contributed by atoms with Gasteiger partial charge in [-0.25, -0.2) is 9.67 Å². The standard InChI is InChI=1S/C20H25N7O/c1-13(2)9-16-11-25(12-19-24-23-15(4)26(16)19)20(28)17-10-22-27(14(17)3)18-7-5-6-8-21-18/h5-8,10,13,16H,9,11-12H2,1-4H3/t16-/m0/s1. The maximum atomic E-state index is 13.3. The van der Waals surface area contributed by atoms with E-state index in [1.807, 2.05) is 36.9 Å². The second-order valence-electron chi connectivity index (χ2n) is 7.75. The molecule has 1 aliphatic heterocycles. The topological polar surface area (TPSA) is 81.7 Å². The molecule has 146 valence electrons. The Balaban J connectivity index is 1.63. The van der Waals surface area contributed by atoms with Crippen molar-refractivity contribution in [2.75, 3.05) is 6.54 Å². The van der Waals surface area contributed by atoms with Gasteiger partial charge in [0.05, 0.1) is 30.0 Å². The molecule has 0 N–H and O–H groups in total. The molecule has 0 aliphatic carbocycles. The summed E-state index contributed by atoms with van der Waals surface area (Å²) in [6, 6.07) is 5.82. The summed E-state index contributed by atoms with van der Waals surface area (Å²) in [5.74, 6) is 2.94. The lowest BCUT2D eigenvalue weighted by atomic mass is 10.0. The molecule has 1 amide bonds. The maximum absolute atomic E-state index is 13.3. The number of pyridine rings is 1. The summed E-state index contributed by atoms with van der Waals surface area (Å²) in [5, 5.41) is 12.9. The normalized spacial score (nSPS) is 16.5. The van der Waals surface area contributed by atoms with Gasteiger partial charge in [0.25, 0.3) is 5.91 Å². The van der Waals surface area contributed by atoms with Gasteiger partial charge in [0.1, 0.15) is 5.82 Å². The summed E-state index contributed by atoms with van der Waals surface area (Å²) in [6.45, 7) is 9.38. The first-order valence-corrected chi connectivity index (χ1v) is 9.61. The van der Waals surface area contributed by atoms with Crippen molar-refractivity contribution in [2.24, 2.45) is 5.92 Å². The number of aromatic nitrogens is 6. The van der Waals surface area contributed by atoms with Crippen molar-refractivity contribution in [1.82, 2.24) is 34.4 Å². The van der Waals surface area contributed by atoms with E-state index >= 15 is 0 Å². The smallest absolute Gasteiger partial charge is 0.257 e. The van der Waals surface area contributed by atoms with E-state index in [-0.39, 0.29) is 11.9 Å². The van der Waals surface area contributed by atoms with Crippen molar-refractivity contribution in [3.05, 3.63) is 53.5 Å². The SMILES string of the molecule is Cc1c(C(=O)N2Cc3nnc(C)n3[C@@H](CC(C)C)C2)cnn1-c1ccccn1. The molecule has 28 heavy (non-hydrogen) atoms. The first-order valence-electron chi connectivity index (χ1n) is 9.61. The lowest BCUT2D eigenvalue weighted by Gasteiger charge is -2.35. The highest BCUT2D eigenvalue weighted by Crippen LogP contribution is 2.28. The number of hydrogen-bond donors (Lipinski definition) is 0. The fraction of sp³-hybridized carbons (Fsp3) is 0.450. The van der Waals surface area contributed by atoms with Crippen molar-refractivity contribution in [3.63, 3.8) is 0 Å². The Labute approximate surface area is 164 Å². The van der Waals surface area contributed by atoms with E-state index in [1.54, 1.807) is 17.1 Å². The van der Waals surface area contributed by atoms with Crippen LogP contribution in [-0.2, 0) is 6.54 Å². The third-order valence-corrected chi connectivity index (χ3v) is 5.20. The van der Waals surface area contributed by atoms with E-state index in [9.17, 15) is 4.79 Å². The quantitative estimate of drug-likeness (QED) is 0.696. The molecule has 0 aromatic carbocycles. The zero-order valence-electron chi connectivity index (χ0n) is 16.7. The van der Waals surface area contributed by atoms with Crippen LogP contribution in [0.15, 0.2) is 30.6 Å². The van der Waals surface area contributed by atoms with Gasteiger partial charge in [-0.1, -0.05) is 19.9 Å². The molecule has 1 atom stereocenters. The van der Waals surface area contributed by atoms with E-state index in [0.717, 1.165) is 23.8 Å². The van der Waals surface area contributed by atoms with Crippen LogP contribution in [0.25, 0.3) is 5.82 Å². The monoisotopic (exact) mass is 379 g/mol. The molecule has 0 bridgehead atoms. The minimum Gasteiger partial charge on any atom is -0.329 e. The molecule has 0 saturated heterocycles. The van der Waals surface area contributed by atoms with Gasteiger partial charge >= 0.3 is 0 Å². The highest BCUT2D eigenvalue weighted by molar-refractivity contribution is 5.95. The fourth-order valence-corrected chi connectivity index (χ4v) is 3.95. The highest BCUT2D eigenvalue weighted by Gasteiger charge is 2.32. The van der Waals surface area contributed by atoms with Crippen LogP contribution < -0.4 is 0 Å². The van der Waals surface area contributed by atoms with E-state index in [2.05, 4.69) is 38.7 Å². The summed E-state index contributed by atoms with van der Waals surface area (Å²) >= 11 is 0. The van der Waals surface area contributed by atoms with Gasteiger partial charge in [0.15, 0.2) is 11.6 Å². The van der Waals surface area contributed by atoms with E-state index in [0.29, 0.717) is 30.4 Å². The van der Waals surface area contributed by atoms with Crippen LogP contribution in [0.1, 0.15) is 54.0 Å². The summed E-state index contributed by atoms with van der Waals surface area (Å²) < 4.78 is 3.89. The predicted octanol–water partition coefficient (Wildman–Crippen LogP) is 2.72. The lowest BCUT2D eigenvalue weighted by molar-refractivity contribution is 0.0660. The van der Waals surface area contributed by atoms with Crippen molar-refractivity contribution >= 4 is 5.91 Å².